The zero-order valence-electron chi connectivity index (χ0n) is 12.8. The lowest BCUT2D eigenvalue weighted by molar-refractivity contribution is 0.0703. The number of hydrogen-bond acceptors (Lipinski definition) is 4. The van der Waals surface area contributed by atoms with Gasteiger partial charge in [0, 0.05) is 21.4 Å². The zero-order valence-corrected chi connectivity index (χ0v) is 14.4. The average molecular weight is 351 g/mol. The van der Waals surface area contributed by atoms with Crippen molar-refractivity contribution in [2.24, 2.45) is 0 Å². The number of fused-ring (bicyclic) bond motifs is 1. The molecule has 118 valence electrons. The predicted molar refractivity (Wildman–Crippen MR) is 100 cm³/mol. The largest absolute Gasteiger partial charge is 0.477 e. The molecule has 0 aliphatic heterocycles. The Morgan fingerprint density at radius 1 is 1.08 bits per heavy atom. The van der Waals surface area contributed by atoms with Crippen LogP contribution in [0.5, 0.6) is 0 Å². The Balaban J connectivity index is 1.92. The van der Waals surface area contributed by atoms with Crippen molar-refractivity contribution in [1.82, 2.24) is 4.98 Å². The van der Waals surface area contributed by atoms with E-state index in [-0.39, 0.29) is 0 Å². The first-order valence-corrected chi connectivity index (χ1v) is 9.11. The highest BCUT2D eigenvalue weighted by Gasteiger charge is 2.21. The van der Waals surface area contributed by atoms with Crippen molar-refractivity contribution in [2.75, 3.05) is 0 Å². The molecule has 3 nitrogen and oxygen atoms in total. The van der Waals surface area contributed by atoms with E-state index in [2.05, 4.69) is 12.1 Å². The van der Waals surface area contributed by atoms with Crippen LogP contribution in [-0.4, -0.2) is 16.1 Å². The quantitative estimate of drug-likeness (QED) is 0.515. The van der Waals surface area contributed by atoms with Crippen molar-refractivity contribution in [1.29, 1.82) is 0 Å². The van der Waals surface area contributed by atoms with Gasteiger partial charge in [-0.05, 0) is 30.5 Å². The Bertz CT molecular complexity index is 1030. The summed E-state index contributed by atoms with van der Waals surface area (Å²) in [5.41, 5.74) is 3.87. The van der Waals surface area contributed by atoms with Crippen LogP contribution < -0.4 is 0 Å². The molecule has 0 spiro atoms. The molecule has 0 aliphatic carbocycles. The lowest BCUT2D eigenvalue weighted by Crippen LogP contribution is -1.93. The minimum Gasteiger partial charge on any atom is -0.477 e. The van der Waals surface area contributed by atoms with Gasteiger partial charge >= 0.3 is 5.97 Å². The number of rotatable bonds is 3. The molecule has 0 aliphatic rings. The zero-order chi connectivity index (χ0) is 16.7. The Kier molecular flexibility index (Phi) is 3.67. The van der Waals surface area contributed by atoms with Crippen LogP contribution in [0.4, 0.5) is 0 Å². The SMILES string of the molecule is Cc1ccc(-c2ccc3c(-c4cccs4)c(C(=O)O)sc3n2)cc1. The summed E-state index contributed by atoms with van der Waals surface area (Å²) in [6, 6.07) is 16.0. The highest BCUT2D eigenvalue weighted by Crippen LogP contribution is 2.40. The van der Waals surface area contributed by atoms with Gasteiger partial charge in [0.05, 0.1) is 5.69 Å². The molecule has 3 heterocycles. The smallest absolute Gasteiger partial charge is 0.346 e. The van der Waals surface area contributed by atoms with Crippen LogP contribution in [0.15, 0.2) is 53.9 Å². The molecule has 0 atom stereocenters. The van der Waals surface area contributed by atoms with Gasteiger partial charge in [0.25, 0.3) is 0 Å². The third-order valence-corrected chi connectivity index (χ3v) is 5.84. The van der Waals surface area contributed by atoms with Gasteiger partial charge < -0.3 is 5.11 Å². The minimum atomic E-state index is -0.904. The summed E-state index contributed by atoms with van der Waals surface area (Å²) in [6.07, 6.45) is 0. The highest BCUT2D eigenvalue weighted by molar-refractivity contribution is 7.22. The van der Waals surface area contributed by atoms with Gasteiger partial charge in [0.1, 0.15) is 9.71 Å². The molecular weight excluding hydrogens is 338 g/mol. The molecule has 0 fully saturated rings. The number of aryl methyl sites for hydroxylation is 1. The third kappa shape index (κ3) is 2.52. The number of aromatic nitrogens is 1. The van der Waals surface area contributed by atoms with E-state index in [1.807, 2.05) is 48.7 Å². The molecule has 0 saturated heterocycles. The summed E-state index contributed by atoms with van der Waals surface area (Å²) >= 11 is 2.78. The number of carbonyl (C=O) groups is 1. The van der Waals surface area contributed by atoms with Gasteiger partial charge in [0.2, 0.25) is 0 Å². The van der Waals surface area contributed by atoms with Crippen LogP contribution in [0.1, 0.15) is 15.2 Å². The molecule has 0 saturated carbocycles. The second-order valence-corrected chi connectivity index (χ2v) is 7.45. The molecule has 0 unspecified atom stereocenters. The van der Waals surface area contributed by atoms with Crippen molar-refractivity contribution in [2.45, 2.75) is 6.92 Å². The standard InChI is InChI=1S/C19H13NO2S2/c1-11-4-6-12(7-5-11)14-9-8-13-16(15-3-2-10-23-15)17(19(21)22)24-18(13)20-14/h2-10H,1H3,(H,21,22). The van der Waals surface area contributed by atoms with Gasteiger partial charge in [-0.25, -0.2) is 9.78 Å². The molecule has 1 N–H and O–H groups in total. The fourth-order valence-corrected chi connectivity index (χ4v) is 4.56. The molecule has 0 bridgehead atoms. The van der Waals surface area contributed by atoms with Crippen LogP contribution >= 0.6 is 22.7 Å². The summed E-state index contributed by atoms with van der Waals surface area (Å²) < 4.78 is 0. The van der Waals surface area contributed by atoms with E-state index in [1.54, 1.807) is 11.3 Å². The minimum absolute atomic E-state index is 0.348. The maximum atomic E-state index is 11.7. The fraction of sp³-hybridized carbons (Fsp3) is 0.0526. The number of nitrogens with zero attached hydrogens (tertiary/aromatic N) is 1. The van der Waals surface area contributed by atoms with Crippen molar-refractivity contribution >= 4 is 38.9 Å². The summed E-state index contributed by atoms with van der Waals surface area (Å²) in [6.45, 7) is 2.05. The van der Waals surface area contributed by atoms with E-state index in [1.165, 1.54) is 16.9 Å². The van der Waals surface area contributed by atoms with Crippen LogP contribution in [-0.2, 0) is 0 Å². The van der Waals surface area contributed by atoms with E-state index >= 15 is 0 Å². The normalized spacial score (nSPS) is 11.0. The molecule has 3 aromatic heterocycles. The summed E-state index contributed by atoms with van der Waals surface area (Å²) in [4.78, 5) is 18.4. The maximum absolute atomic E-state index is 11.7. The van der Waals surface area contributed by atoms with Crippen molar-refractivity contribution < 1.29 is 9.90 Å². The highest BCUT2D eigenvalue weighted by atomic mass is 32.1. The number of benzene rings is 1. The predicted octanol–water partition coefficient (Wildman–Crippen LogP) is 5.70. The second-order valence-electron chi connectivity index (χ2n) is 5.50. The third-order valence-electron chi connectivity index (χ3n) is 3.86. The first-order valence-electron chi connectivity index (χ1n) is 7.41. The number of thiophene rings is 2. The Labute approximate surface area is 146 Å². The molecule has 0 radical (unpaired) electrons. The van der Waals surface area contributed by atoms with E-state index in [0.29, 0.717) is 4.88 Å². The Morgan fingerprint density at radius 3 is 2.54 bits per heavy atom. The van der Waals surface area contributed by atoms with Crippen LogP contribution in [0.25, 0.3) is 31.9 Å². The fourth-order valence-electron chi connectivity index (χ4n) is 2.68. The average Bonchev–Trinajstić information content (AvgIpc) is 3.21. The second kappa shape index (κ2) is 5.85. The molecule has 0 amide bonds. The Hall–Kier alpha value is -2.50. The molecule has 4 rings (SSSR count). The summed E-state index contributed by atoms with van der Waals surface area (Å²) in [5.74, 6) is -0.904. The van der Waals surface area contributed by atoms with Crippen LogP contribution in [0.2, 0.25) is 0 Å². The number of hydrogen-bond donors (Lipinski definition) is 1. The first kappa shape index (κ1) is 15.1. The number of carboxylic acids is 1. The van der Waals surface area contributed by atoms with Gasteiger partial charge in [0.15, 0.2) is 0 Å². The van der Waals surface area contributed by atoms with E-state index < -0.39 is 5.97 Å². The van der Waals surface area contributed by atoms with E-state index in [9.17, 15) is 9.90 Å². The summed E-state index contributed by atoms with van der Waals surface area (Å²) in [5, 5.41) is 12.4. The van der Waals surface area contributed by atoms with Crippen molar-refractivity contribution in [3.8, 4) is 21.7 Å². The van der Waals surface area contributed by atoms with Gasteiger partial charge in [-0.3, -0.25) is 0 Å². The lowest BCUT2D eigenvalue weighted by atomic mass is 10.1. The first-order chi connectivity index (χ1) is 11.6. The summed E-state index contributed by atoms with van der Waals surface area (Å²) in [7, 11) is 0. The topological polar surface area (TPSA) is 50.2 Å². The monoisotopic (exact) mass is 351 g/mol. The lowest BCUT2D eigenvalue weighted by Gasteiger charge is -2.02. The van der Waals surface area contributed by atoms with Gasteiger partial charge in [-0.1, -0.05) is 35.9 Å². The van der Waals surface area contributed by atoms with Crippen LogP contribution in [0, 0.1) is 6.92 Å². The number of carboxylic acid groups (broad SMARTS) is 1. The van der Waals surface area contributed by atoms with E-state index in [0.717, 1.165) is 31.9 Å². The Morgan fingerprint density at radius 2 is 1.88 bits per heavy atom. The molecular formula is C19H13NO2S2. The van der Waals surface area contributed by atoms with Crippen LogP contribution in [0.3, 0.4) is 0 Å². The van der Waals surface area contributed by atoms with Gasteiger partial charge in [-0.2, -0.15) is 0 Å². The number of pyridine rings is 1. The van der Waals surface area contributed by atoms with Gasteiger partial charge in [-0.15, -0.1) is 22.7 Å². The van der Waals surface area contributed by atoms with E-state index in [4.69, 9.17) is 4.98 Å². The van der Waals surface area contributed by atoms with Crippen molar-refractivity contribution in [3.05, 3.63) is 64.4 Å². The number of aromatic carboxylic acids is 1. The molecule has 4 aromatic rings. The van der Waals surface area contributed by atoms with Crippen molar-refractivity contribution in [3.63, 3.8) is 0 Å². The maximum Gasteiger partial charge on any atom is 0.346 e. The molecule has 1 aromatic carbocycles. The molecule has 24 heavy (non-hydrogen) atoms. The molecule has 5 heteroatoms.